The van der Waals surface area contributed by atoms with Crippen LogP contribution in [0.4, 0.5) is 4.39 Å². The van der Waals surface area contributed by atoms with E-state index in [-0.39, 0.29) is 11.6 Å². The smallest absolute Gasteiger partial charge is 0.169 e. The highest BCUT2D eigenvalue weighted by Gasteiger charge is 2.07. The highest BCUT2D eigenvalue weighted by Crippen LogP contribution is 2.19. The van der Waals surface area contributed by atoms with Crippen LogP contribution in [0.5, 0.6) is 11.5 Å². The van der Waals surface area contributed by atoms with E-state index in [1.54, 1.807) is 18.2 Å². The first kappa shape index (κ1) is 15.3. The average molecular weight is 289 g/mol. The lowest BCUT2D eigenvalue weighted by Crippen LogP contribution is -2.21. The van der Waals surface area contributed by atoms with Gasteiger partial charge in [0.1, 0.15) is 12.4 Å². The van der Waals surface area contributed by atoms with E-state index in [4.69, 9.17) is 9.47 Å². The lowest BCUT2D eigenvalue weighted by molar-refractivity contribution is 0.312. The quantitative estimate of drug-likeness (QED) is 0.793. The van der Waals surface area contributed by atoms with Gasteiger partial charge in [-0.1, -0.05) is 24.3 Å². The van der Waals surface area contributed by atoms with Crippen LogP contribution in [0, 0.1) is 12.7 Å². The van der Waals surface area contributed by atoms with Crippen LogP contribution >= 0.6 is 0 Å². The first-order valence-electron chi connectivity index (χ1n) is 6.92. The predicted molar refractivity (Wildman–Crippen MR) is 81.3 cm³/mol. The van der Waals surface area contributed by atoms with Gasteiger partial charge in [0.05, 0.1) is 7.11 Å². The molecule has 0 aliphatic carbocycles. The number of benzene rings is 2. The average Bonchev–Trinajstić information content (AvgIpc) is 2.48. The van der Waals surface area contributed by atoms with Gasteiger partial charge in [-0.05, 0) is 30.7 Å². The Bertz CT molecular complexity index is 587. The van der Waals surface area contributed by atoms with Gasteiger partial charge in [0, 0.05) is 18.7 Å². The Labute approximate surface area is 124 Å². The van der Waals surface area contributed by atoms with Gasteiger partial charge in [-0.3, -0.25) is 0 Å². The molecule has 1 N–H and O–H groups in total. The molecule has 0 atom stereocenters. The molecule has 0 heterocycles. The molecule has 0 saturated heterocycles. The van der Waals surface area contributed by atoms with E-state index in [1.807, 2.05) is 31.2 Å². The second kappa shape index (κ2) is 7.64. The third-order valence-electron chi connectivity index (χ3n) is 3.12. The van der Waals surface area contributed by atoms with Gasteiger partial charge in [0.25, 0.3) is 0 Å². The Balaban J connectivity index is 1.75. The molecule has 0 aliphatic rings. The van der Waals surface area contributed by atoms with Crippen molar-refractivity contribution in [3.05, 3.63) is 59.4 Å². The van der Waals surface area contributed by atoms with E-state index < -0.39 is 0 Å². The van der Waals surface area contributed by atoms with Crippen LogP contribution in [-0.4, -0.2) is 20.3 Å². The second-order valence-electron chi connectivity index (χ2n) is 4.78. The number of nitrogens with one attached hydrogen (secondary N) is 1. The molecule has 0 unspecified atom stereocenters. The van der Waals surface area contributed by atoms with Crippen LogP contribution in [-0.2, 0) is 6.54 Å². The van der Waals surface area contributed by atoms with Gasteiger partial charge in [-0.2, -0.15) is 0 Å². The van der Waals surface area contributed by atoms with E-state index in [0.29, 0.717) is 25.3 Å². The normalized spacial score (nSPS) is 10.4. The van der Waals surface area contributed by atoms with Crippen molar-refractivity contribution in [3.63, 3.8) is 0 Å². The molecule has 2 aromatic carbocycles. The molecule has 4 heteroatoms. The zero-order chi connectivity index (χ0) is 15.1. The van der Waals surface area contributed by atoms with Crippen molar-refractivity contribution in [1.82, 2.24) is 5.32 Å². The van der Waals surface area contributed by atoms with E-state index in [0.717, 1.165) is 5.75 Å². The van der Waals surface area contributed by atoms with Crippen LogP contribution in [0.15, 0.2) is 42.5 Å². The SMILES string of the molecule is COc1cccc(CNCCOc2cccc(C)c2)c1F. The Morgan fingerprint density at radius 3 is 2.71 bits per heavy atom. The molecule has 0 aliphatic heterocycles. The third-order valence-corrected chi connectivity index (χ3v) is 3.12. The molecule has 2 aromatic rings. The summed E-state index contributed by atoms with van der Waals surface area (Å²) in [5.41, 5.74) is 1.75. The van der Waals surface area contributed by atoms with Gasteiger partial charge in [-0.25, -0.2) is 4.39 Å². The third kappa shape index (κ3) is 4.46. The first-order chi connectivity index (χ1) is 10.2. The zero-order valence-corrected chi connectivity index (χ0v) is 12.4. The Hall–Kier alpha value is -2.07. The number of aryl methyl sites for hydroxylation is 1. The number of rotatable bonds is 7. The Kier molecular flexibility index (Phi) is 5.58. The molecular formula is C17H20FNO2. The zero-order valence-electron chi connectivity index (χ0n) is 12.4. The number of hydrogen-bond acceptors (Lipinski definition) is 3. The summed E-state index contributed by atoms with van der Waals surface area (Å²) in [6.45, 7) is 3.65. The maximum atomic E-state index is 13.9. The van der Waals surface area contributed by atoms with E-state index in [9.17, 15) is 4.39 Å². The fourth-order valence-corrected chi connectivity index (χ4v) is 2.02. The van der Waals surface area contributed by atoms with Gasteiger partial charge in [0.2, 0.25) is 0 Å². The summed E-state index contributed by atoms with van der Waals surface area (Å²) in [5.74, 6) is 0.807. The van der Waals surface area contributed by atoms with Gasteiger partial charge in [0.15, 0.2) is 11.6 Å². The molecule has 3 nitrogen and oxygen atoms in total. The molecule has 112 valence electrons. The Morgan fingerprint density at radius 2 is 1.95 bits per heavy atom. The van der Waals surface area contributed by atoms with E-state index >= 15 is 0 Å². The minimum atomic E-state index is -0.313. The maximum absolute atomic E-state index is 13.9. The summed E-state index contributed by atoms with van der Waals surface area (Å²) in [6.07, 6.45) is 0. The van der Waals surface area contributed by atoms with Crippen LogP contribution in [0.3, 0.4) is 0 Å². The van der Waals surface area contributed by atoms with Crippen molar-refractivity contribution in [2.75, 3.05) is 20.3 Å². The van der Waals surface area contributed by atoms with Crippen LogP contribution in [0.1, 0.15) is 11.1 Å². The minimum Gasteiger partial charge on any atom is -0.494 e. The van der Waals surface area contributed by atoms with Crippen LogP contribution in [0.2, 0.25) is 0 Å². The summed E-state index contributed by atoms with van der Waals surface area (Å²) >= 11 is 0. The van der Waals surface area contributed by atoms with Crippen LogP contribution < -0.4 is 14.8 Å². The van der Waals surface area contributed by atoms with Crippen molar-refractivity contribution in [3.8, 4) is 11.5 Å². The highest BCUT2D eigenvalue weighted by atomic mass is 19.1. The second-order valence-corrected chi connectivity index (χ2v) is 4.78. The number of halogens is 1. The monoisotopic (exact) mass is 289 g/mol. The number of methoxy groups -OCH3 is 1. The summed E-state index contributed by atoms with van der Waals surface area (Å²) in [4.78, 5) is 0. The molecule has 0 saturated carbocycles. The van der Waals surface area contributed by atoms with Crippen LogP contribution in [0.25, 0.3) is 0 Å². The number of ether oxygens (including phenoxy) is 2. The van der Waals surface area contributed by atoms with Gasteiger partial charge >= 0.3 is 0 Å². The Morgan fingerprint density at radius 1 is 1.14 bits per heavy atom. The standard InChI is InChI=1S/C17H20FNO2/c1-13-5-3-7-15(11-13)21-10-9-19-12-14-6-4-8-16(20-2)17(14)18/h3-8,11,19H,9-10,12H2,1-2H3. The lowest BCUT2D eigenvalue weighted by atomic mass is 10.2. The van der Waals surface area contributed by atoms with Crippen molar-refractivity contribution in [2.45, 2.75) is 13.5 Å². The predicted octanol–water partition coefficient (Wildman–Crippen LogP) is 3.31. The molecule has 0 amide bonds. The molecule has 21 heavy (non-hydrogen) atoms. The van der Waals surface area contributed by atoms with Crippen molar-refractivity contribution >= 4 is 0 Å². The van der Waals surface area contributed by atoms with Gasteiger partial charge < -0.3 is 14.8 Å². The lowest BCUT2D eigenvalue weighted by Gasteiger charge is -2.10. The van der Waals surface area contributed by atoms with Crippen molar-refractivity contribution in [1.29, 1.82) is 0 Å². The van der Waals surface area contributed by atoms with E-state index in [2.05, 4.69) is 5.32 Å². The molecule has 0 aromatic heterocycles. The van der Waals surface area contributed by atoms with Gasteiger partial charge in [-0.15, -0.1) is 0 Å². The summed E-state index contributed by atoms with van der Waals surface area (Å²) in [5, 5.41) is 3.16. The molecule has 0 spiro atoms. The van der Waals surface area contributed by atoms with Crippen molar-refractivity contribution in [2.24, 2.45) is 0 Å². The minimum absolute atomic E-state index is 0.269. The summed E-state index contributed by atoms with van der Waals surface area (Å²) in [6, 6.07) is 13.0. The van der Waals surface area contributed by atoms with Crippen molar-refractivity contribution < 1.29 is 13.9 Å². The first-order valence-corrected chi connectivity index (χ1v) is 6.92. The largest absolute Gasteiger partial charge is 0.494 e. The van der Waals surface area contributed by atoms with E-state index in [1.165, 1.54) is 12.7 Å². The molecule has 0 bridgehead atoms. The fraction of sp³-hybridized carbons (Fsp3) is 0.294. The maximum Gasteiger partial charge on any atom is 0.169 e. The number of hydrogen-bond donors (Lipinski definition) is 1. The highest BCUT2D eigenvalue weighted by molar-refractivity contribution is 5.31. The molecule has 0 fully saturated rings. The molecular weight excluding hydrogens is 269 g/mol. The summed E-state index contributed by atoms with van der Waals surface area (Å²) < 4.78 is 24.5. The fourth-order valence-electron chi connectivity index (χ4n) is 2.02. The molecule has 0 radical (unpaired) electrons. The summed E-state index contributed by atoms with van der Waals surface area (Å²) in [7, 11) is 1.46. The molecule has 2 rings (SSSR count). The topological polar surface area (TPSA) is 30.5 Å².